The van der Waals surface area contributed by atoms with E-state index >= 15 is 0 Å². The number of phenolic OH excluding ortho intramolecular Hbond substituents is 1. The van der Waals surface area contributed by atoms with Crippen molar-refractivity contribution in [1.29, 1.82) is 0 Å². The summed E-state index contributed by atoms with van der Waals surface area (Å²) in [6.45, 7) is 5.58. The van der Waals surface area contributed by atoms with Gasteiger partial charge < -0.3 is 10.4 Å². The van der Waals surface area contributed by atoms with Crippen LogP contribution in [0.15, 0.2) is 54.6 Å². The quantitative estimate of drug-likeness (QED) is 0.738. The zero-order chi connectivity index (χ0) is 17.3. The minimum absolute atomic E-state index is 0.113. The summed E-state index contributed by atoms with van der Waals surface area (Å²) >= 11 is 0. The topological polar surface area (TPSA) is 49.3 Å². The lowest BCUT2D eigenvalue weighted by Gasteiger charge is -2.17. The molecule has 0 heterocycles. The molecule has 3 rings (SSSR count). The number of hydrogen-bond acceptors (Lipinski definition) is 2. The number of aromatic hydroxyl groups is 1. The Morgan fingerprint density at radius 1 is 1.00 bits per heavy atom. The first-order chi connectivity index (χ1) is 11.5. The Balaban J connectivity index is 1.89. The number of carbonyl (C=O) groups is 1. The lowest BCUT2D eigenvalue weighted by molar-refractivity contribution is 0.0940. The molecule has 0 radical (unpaired) electrons. The number of benzene rings is 3. The molecule has 0 saturated carbocycles. The predicted octanol–water partition coefficient (Wildman–Crippen LogP) is 4.65. The van der Waals surface area contributed by atoms with Crippen LogP contribution >= 0.6 is 0 Å². The van der Waals surface area contributed by atoms with Crippen LogP contribution in [0.4, 0.5) is 0 Å². The Labute approximate surface area is 142 Å². The third-order valence-corrected chi connectivity index (χ3v) is 4.39. The number of carbonyl (C=O) groups excluding carboxylic acids is 1. The van der Waals surface area contributed by atoms with Crippen molar-refractivity contribution in [2.45, 2.75) is 26.8 Å². The van der Waals surface area contributed by atoms with Gasteiger partial charge in [-0.2, -0.15) is 0 Å². The molecule has 3 heteroatoms. The van der Waals surface area contributed by atoms with E-state index in [1.165, 1.54) is 0 Å². The second-order valence-corrected chi connectivity index (χ2v) is 6.22. The summed E-state index contributed by atoms with van der Waals surface area (Å²) in [4.78, 5) is 12.6. The summed E-state index contributed by atoms with van der Waals surface area (Å²) < 4.78 is 0. The molecule has 0 spiro atoms. The highest BCUT2D eigenvalue weighted by molar-refractivity contribution is 5.95. The second-order valence-electron chi connectivity index (χ2n) is 6.22. The molecule has 0 aliphatic carbocycles. The van der Waals surface area contributed by atoms with Crippen molar-refractivity contribution in [3.8, 4) is 5.75 Å². The first kappa shape index (κ1) is 16.1. The average molecular weight is 319 g/mol. The first-order valence-corrected chi connectivity index (χ1v) is 8.06. The van der Waals surface area contributed by atoms with Crippen LogP contribution in [0.2, 0.25) is 0 Å². The number of rotatable bonds is 3. The molecular formula is C21H21NO2. The fourth-order valence-corrected chi connectivity index (χ4v) is 3.07. The Morgan fingerprint density at radius 2 is 1.62 bits per heavy atom. The van der Waals surface area contributed by atoms with E-state index in [1.807, 2.05) is 31.2 Å². The molecule has 0 bridgehead atoms. The van der Waals surface area contributed by atoms with Crippen LogP contribution in [-0.2, 0) is 0 Å². The molecule has 1 atom stereocenters. The Bertz CT molecular complexity index is 886. The SMILES string of the molecule is Cc1cc(C(=O)N[C@H](C)c2cccc3ccccc23)cc(C)c1O. The standard InChI is InChI=1S/C21H21NO2/c1-13-11-17(12-14(2)20(13)23)21(24)22-15(3)18-10-6-8-16-7-4-5-9-19(16)18/h4-12,15,23H,1-3H3,(H,22,24)/t15-/m1/s1. The molecule has 0 unspecified atom stereocenters. The highest BCUT2D eigenvalue weighted by Crippen LogP contribution is 2.26. The van der Waals surface area contributed by atoms with Gasteiger partial charge in [0.15, 0.2) is 0 Å². The van der Waals surface area contributed by atoms with Crippen molar-refractivity contribution < 1.29 is 9.90 Å². The van der Waals surface area contributed by atoms with Crippen molar-refractivity contribution in [3.63, 3.8) is 0 Å². The van der Waals surface area contributed by atoms with Gasteiger partial charge in [-0.05, 0) is 60.4 Å². The van der Waals surface area contributed by atoms with E-state index in [9.17, 15) is 9.90 Å². The summed E-state index contributed by atoms with van der Waals surface area (Å²) in [5.74, 6) is 0.107. The van der Waals surface area contributed by atoms with Crippen LogP contribution in [0.3, 0.4) is 0 Å². The maximum Gasteiger partial charge on any atom is 0.251 e. The lowest BCUT2D eigenvalue weighted by Crippen LogP contribution is -2.27. The van der Waals surface area contributed by atoms with Crippen LogP contribution in [-0.4, -0.2) is 11.0 Å². The van der Waals surface area contributed by atoms with E-state index in [0.717, 1.165) is 16.3 Å². The lowest BCUT2D eigenvalue weighted by atomic mass is 9.99. The van der Waals surface area contributed by atoms with Crippen molar-refractivity contribution in [2.75, 3.05) is 0 Å². The smallest absolute Gasteiger partial charge is 0.251 e. The Morgan fingerprint density at radius 3 is 2.33 bits per heavy atom. The third kappa shape index (κ3) is 2.98. The molecule has 3 nitrogen and oxygen atoms in total. The summed E-state index contributed by atoms with van der Waals surface area (Å²) in [5, 5.41) is 15.2. The fourth-order valence-electron chi connectivity index (χ4n) is 3.07. The average Bonchev–Trinajstić information content (AvgIpc) is 2.58. The maximum atomic E-state index is 12.6. The van der Waals surface area contributed by atoms with Crippen molar-refractivity contribution >= 4 is 16.7 Å². The van der Waals surface area contributed by atoms with E-state index in [2.05, 4.69) is 23.5 Å². The summed E-state index contributed by atoms with van der Waals surface area (Å²) in [6.07, 6.45) is 0. The van der Waals surface area contributed by atoms with Crippen LogP contribution in [0, 0.1) is 13.8 Å². The molecule has 3 aromatic rings. The zero-order valence-corrected chi connectivity index (χ0v) is 14.1. The highest BCUT2D eigenvalue weighted by Gasteiger charge is 2.15. The zero-order valence-electron chi connectivity index (χ0n) is 14.1. The van der Waals surface area contributed by atoms with Crippen LogP contribution in [0.5, 0.6) is 5.75 Å². The number of fused-ring (bicyclic) bond motifs is 1. The summed E-state index contributed by atoms with van der Waals surface area (Å²) in [6, 6.07) is 17.6. The second kappa shape index (κ2) is 6.36. The molecule has 1 amide bonds. The summed E-state index contributed by atoms with van der Waals surface area (Å²) in [5.41, 5.74) is 3.07. The van der Waals surface area contributed by atoms with Gasteiger partial charge in [0.25, 0.3) is 5.91 Å². The van der Waals surface area contributed by atoms with E-state index < -0.39 is 0 Å². The molecule has 0 aliphatic rings. The van der Waals surface area contributed by atoms with E-state index in [4.69, 9.17) is 0 Å². The normalized spacial score (nSPS) is 12.1. The highest BCUT2D eigenvalue weighted by atomic mass is 16.3. The largest absolute Gasteiger partial charge is 0.507 e. The monoisotopic (exact) mass is 319 g/mol. The van der Waals surface area contributed by atoms with Gasteiger partial charge in [0.05, 0.1) is 6.04 Å². The van der Waals surface area contributed by atoms with E-state index in [-0.39, 0.29) is 17.7 Å². The van der Waals surface area contributed by atoms with Gasteiger partial charge in [0.2, 0.25) is 0 Å². The molecule has 2 N–H and O–H groups in total. The molecular weight excluding hydrogens is 298 g/mol. The minimum Gasteiger partial charge on any atom is -0.507 e. The summed E-state index contributed by atoms with van der Waals surface area (Å²) in [7, 11) is 0. The van der Waals surface area contributed by atoms with Crippen molar-refractivity contribution in [2.24, 2.45) is 0 Å². The molecule has 0 saturated heterocycles. The van der Waals surface area contributed by atoms with Crippen molar-refractivity contribution in [1.82, 2.24) is 5.32 Å². The Kier molecular flexibility index (Phi) is 4.26. The number of phenols is 1. The van der Waals surface area contributed by atoms with Gasteiger partial charge in [0.1, 0.15) is 5.75 Å². The van der Waals surface area contributed by atoms with Crippen molar-refractivity contribution in [3.05, 3.63) is 76.9 Å². The Hall–Kier alpha value is -2.81. The first-order valence-electron chi connectivity index (χ1n) is 8.06. The van der Waals surface area contributed by atoms with E-state index in [1.54, 1.807) is 26.0 Å². The van der Waals surface area contributed by atoms with Gasteiger partial charge in [-0.25, -0.2) is 0 Å². The molecule has 122 valence electrons. The maximum absolute atomic E-state index is 12.6. The molecule has 0 fully saturated rings. The number of amides is 1. The van der Waals surface area contributed by atoms with Gasteiger partial charge >= 0.3 is 0 Å². The number of nitrogens with one attached hydrogen (secondary N) is 1. The van der Waals surface area contributed by atoms with Crippen LogP contribution < -0.4 is 5.32 Å². The van der Waals surface area contributed by atoms with Crippen LogP contribution in [0.1, 0.15) is 40.0 Å². The fraction of sp³-hybridized carbons (Fsp3) is 0.190. The molecule has 24 heavy (non-hydrogen) atoms. The van der Waals surface area contributed by atoms with Gasteiger partial charge in [-0.3, -0.25) is 4.79 Å². The van der Waals surface area contributed by atoms with Gasteiger partial charge in [0, 0.05) is 5.56 Å². The minimum atomic E-state index is -0.137. The van der Waals surface area contributed by atoms with E-state index in [0.29, 0.717) is 16.7 Å². The van der Waals surface area contributed by atoms with Gasteiger partial charge in [-0.15, -0.1) is 0 Å². The molecule has 3 aromatic carbocycles. The number of hydrogen-bond donors (Lipinski definition) is 2. The molecule has 0 aromatic heterocycles. The third-order valence-electron chi connectivity index (χ3n) is 4.39. The van der Waals surface area contributed by atoms with Gasteiger partial charge in [-0.1, -0.05) is 42.5 Å². The predicted molar refractivity (Wildman–Crippen MR) is 97.4 cm³/mol. The molecule has 0 aliphatic heterocycles. The number of aryl methyl sites for hydroxylation is 2. The van der Waals surface area contributed by atoms with Crippen LogP contribution in [0.25, 0.3) is 10.8 Å².